The molecule has 2 rings (SSSR count). The highest BCUT2D eigenvalue weighted by molar-refractivity contribution is 7.90. The zero-order valence-electron chi connectivity index (χ0n) is 16.2. The number of aryl methyl sites for hydroxylation is 1. The van der Waals surface area contributed by atoms with Gasteiger partial charge in [-0.3, -0.25) is 9.71 Å². The van der Waals surface area contributed by atoms with Crippen molar-refractivity contribution in [3.63, 3.8) is 0 Å². The minimum Gasteiger partial charge on any atom is -0.272 e. The molecule has 0 saturated carbocycles. The average molecular weight is 373 g/mol. The van der Waals surface area contributed by atoms with Crippen LogP contribution in [-0.4, -0.2) is 20.8 Å². The van der Waals surface area contributed by atoms with Gasteiger partial charge >= 0.3 is 0 Å². The minimum absolute atomic E-state index is 0.140. The van der Waals surface area contributed by atoms with Crippen molar-refractivity contribution in [3.05, 3.63) is 65.2 Å². The normalized spacial score (nSPS) is 12.9. The molecule has 0 atom stereocenters. The lowest BCUT2D eigenvalue weighted by Crippen LogP contribution is -2.28. The van der Waals surface area contributed by atoms with E-state index in [-0.39, 0.29) is 10.3 Å². The van der Waals surface area contributed by atoms with E-state index in [1.807, 2.05) is 6.92 Å². The standard InChI is InChI=1S/C21H28N2O2S/c1-16-6-12-20(13-7-16)26(24,25)23-17(2)22-15-14-18-8-10-19(11-9-18)21(3,4)5/h6-13H,14-15H2,1-5H3,(H,22,23). The largest absolute Gasteiger partial charge is 0.272 e. The van der Waals surface area contributed by atoms with E-state index >= 15 is 0 Å². The first kappa shape index (κ1) is 20.2. The molecular formula is C21H28N2O2S. The highest BCUT2D eigenvalue weighted by Gasteiger charge is 2.14. The summed E-state index contributed by atoms with van der Waals surface area (Å²) in [6.07, 6.45) is 0.772. The summed E-state index contributed by atoms with van der Waals surface area (Å²) in [4.78, 5) is 4.59. The molecular weight excluding hydrogens is 344 g/mol. The van der Waals surface area contributed by atoms with Gasteiger partial charge < -0.3 is 0 Å². The molecule has 0 spiro atoms. The van der Waals surface area contributed by atoms with Crippen LogP contribution in [0.15, 0.2) is 58.4 Å². The molecule has 2 aromatic carbocycles. The Bertz CT molecular complexity index is 860. The molecule has 4 nitrogen and oxygen atoms in total. The number of rotatable bonds is 5. The van der Waals surface area contributed by atoms with Crippen LogP contribution in [0, 0.1) is 6.92 Å². The second-order valence-corrected chi connectivity index (χ2v) is 9.27. The molecule has 2 aromatic rings. The number of nitrogens with one attached hydrogen (secondary N) is 1. The first-order valence-electron chi connectivity index (χ1n) is 8.78. The maximum absolute atomic E-state index is 12.3. The number of amidine groups is 1. The van der Waals surface area contributed by atoms with Gasteiger partial charge in [0, 0.05) is 6.54 Å². The van der Waals surface area contributed by atoms with Crippen LogP contribution in [0.2, 0.25) is 0 Å². The minimum atomic E-state index is -3.57. The summed E-state index contributed by atoms with van der Waals surface area (Å²) < 4.78 is 27.2. The Morgan fingerprint density at radius 3 is 2.12 bits per heavy atom. The molecule has 0 aliphatic heterocycles. The summed E-state index contributed by atoms with van der Waals surface area (Å²) in [5, 5.41) is 0. The van der Waals surface area contributed by atoms with Gasteiger partial charge in [-0.05, 0) is 48.9 Å². The third kappa shape index (κ3) is 5.70. The highest BCUT2D eigenvalue weighted by atomic mass is 32.2. The van der Waals surface area contributed by atoms with E-state index < -0.39 is 10.0 Å². The topological polar surface area (TPSA) is 58.5 Å². The van der Waals surface area contributed by atoms with Gasteiger partial charge in [-0.25, -0.2) is 8.42 Å². The average Bonchev–Trinajstić information content (AvgIpc) is 2.54. The molecule has 26 heavy (non-hydrogen) atoms. The monoisotopic (exact) mass is 372 g/mol. The van der Waals surface area contributed by atoms with Crippen molar-refractivity contribution >= 4 is 15.9 Å². The third-order valence-electron chi connectivity index (χ3n) is 4.18. The van der Waals surface area contributed by atoms with Crippen LogP contribution in [-0.2, 0) is 21.9 Å². The molecule has 0 unspecified atom stereocenters. The van der Waals surface area contributed by atoms with E-state index in [1.165, 1.54) is 11.1 Å². The Hall–Kier alpha value is -2.14. The zero-order chi connectivity index (χ0) is 19.4. The van der Waals surface area contributed by atoms with Crippen LogP contribution >= 0.6 is 0 Å². The fourth-order valence-corrected chi connectivity index (χ4v) is 3.59. The molecule has 0 saturated heterocycles. The first-order valence-corrected chi connectivity index (χ1v) is 10.3. The van der Waals surface area contributed by atoms with Crippen LogP contribution in [0.3, 0.4) is 0 Å². The predicted octanol–water partition coefficient (Wildman–Crippen LogP) is 4.23. The van der Waals surface area contributed by atoms with Crippen LogP contribution < -0.4 is 4.72 Å². The SMILES string of the molecule is CC(=NCCc1ccc(C(C)(C)C)cc1)NS(=O)(=O)c1ccc(C)cc1. The van der Waals surface area contributed by atoms with Crippen LogP contribution in [0.4, 0.5) is 0 Å². The summed E-state index contributed by atoms with van der Waals surface area (Å²) in [5.74, 6) is 0.400. The van der Waals surface area contributed by atoms with Crippen molar-refractivity contribution in [1.29, 1.82) is 0 Å². The molecule has 0 heterocycles. The van der Waals surface area contributed by atoms with Crippen molar-refractivity contribution in [1.82, 2.24) is 4.72 Å². The fraction of sp³-hybridized carbons (Fsp3) is 0.381. The van der Waals surface area contributed by atoms with Gasteiger partial charge in [0.15, 0.2) is 0 Å². The van der Waals surface area contributed by atoms with Crippen LogP contribution in [0.5, 0.6) is 0 Å². The molecule has 0 aliphatic rings. The second kappa shape index (κ2) is 8.04. The van der Waals surface area contributed by atoms with E-state index in [0.717, 1.165) is 12.0 Å². The van der Waals surface area contributed by atoms with Crippen molar-refractivity contribution in [3.8, 4) is 0 Å². The molecule has 0 fully saturated rings. The Morgan fingerprint density at radius 2 is 1.58 bits per heavy atom. The number of nitrogens with zero attached hydrogens (tertiary/aromatic N) is 1. The lowest BCUT2D eigenvalue weighted by molar-refractivity contribution is 0.590. The van der Waals surface area contributed by atoms with E-state index in [1.54, 1.807) is 31.2 Å². The van der Waals surface area contributed by atoms with E-state index in [9.17, 15) is 8.42 Å². The van der Waals surface area contributed by atoms with Gasteiger partial charge in [-0.2, -0.15) is 0 Å². The van der Waals surface area contributed by atoms with Gasteiger partial charge in [0.05, 0.1) is 4.90 Å². The fourth-order valence-electron chi connectivity index (χ4n) is 2.53. The van der Waals surface area contributed by atoms with E-state index in [0.29, 0.717) is 12.4 Å². The number of sulfonamides is 1. The van der Waals surface area contributed by atoms with Crippen molar-refractivity contribution < 1.29 is 8.42 Å². The van der Waals surface area contributed by atoms with E-state index in [2.05, 4.69) is 54.8 Å². The Balaban J connectivity index is 1.95. The molecule has 1 N–H and O–H groups in total. The molecule has 0 aromatic heterocycles. The van der Waals surface area contributed by atoms with Gasteiger partial charge in [0.25, 0.3) is 10.0 Å². The molecule has 0 radical (unpaired) electrons. The summed E-state index contributed by atoms with van der Waals surface area (Å²) in [6.45, 7) is 10.7. The van der Waals surface area contributed by atoms with Gasteiger partial charge in [-0.1, -0.05) is 62.7 Å². The number of aliphatic imine (C=N–C) groups is 1. The van der Waals surface area contributed by atoms with Gasteiger partial charge in [-0.15, -0.1) is 0 Å². The first-order chi connectivity index (χ1) is 12.1. The number of hydrogen-bond acceptors (Lipinski definition) is 3. The summed E-state index contributed by atoms with van der Waals surface area (Å²) in [5.41, 5.74) is 3.65. The summed E-state index contributed by atoms with van der Waals surface area (Å²) in [7, 11) is -3.57. The van der Waals surface area contributed by atoms with Crippen molar-refractivity contribution in [2.75, 3.05) is 6.54 Å². The molecule has 5 heteroatoms. The second-order valence-electron chi connectivity index (χ2n) is 7.58. The molecule has 140 valence electrons. The Labute approximate surface area is 157 Å². The molecule has 0 bridgehead atoms. The van der Waals surface area contributed by atoms with Crippen molar-refractivity contribution in [2.24, 2.45) is 4.99 Å². The van der Waals surface area contributed by atoms with Crippen LogP contribution in [0.1, 0.15) is 44.4 Å². The Kier molecular flexibility index (Phi) is 6.24. The van der Waals surface area contributed by atoms with Crippen molar-refractivity contribution in [2.45, 2.75) is 51.3 Å². The summed E-state index contributed by atoms with van der Waals surface area (Å²) >= 11 is 0. The summed E-state index contributed by atoms with van der Waals surface area (Å²) in [6, 6.07) is 15.3. The van der Waals surface area contributed by atoms with E-state index in [4.69, 9.17) is 0 Å². The number of hydrogen-bond donors (Lipinski definition) is 1. The lowest BCUT2D eigenvalue weighted by atomic mass is 9.86. The highest BCUT2D eigenvalue weighted by Crippen LogP contribution is 2.22. The molecule has 0 amide bonds. The smallest absolute Gasteiger partial charge is 0.262 e. The predicted molar refractivity (Wildman–Crippen MR) is 108 cm³/mol. The lowest BCUT2D eigenvalue weighted by Gasteiger charge is -2.19. The quantitative estimate of drug-likeness (QED) is 0.631. The maximum Gasteiger partial charge on any atom is 0.262 e. The maximum atomic E-state index is 12.3. The van der Waals surface area contributed by atoms with Gasteiger partial charge in [0.2, 0.25) is 0 Å². The molecule has 0 aliphatic carbocycles. The van der Waals surface area contributed by atoms with Crippen LogP contribution in [0.25, 0.3) is 0 Å². The Morgan fingerprint density at radius 1 is 1.00 bits per heavy atom. The third-order valence-corrected chi connectivity index (χ3v) is 5.64. The van der Waals surface area contributed by atoms with Gasteiger partial charge in [0.1, 0.15) is 5.84 Å². The number of benzene rings is 2. The zero-order valence-corrected chi connectivity index (χ0v) is 17.0.